The summed E-state index contributed by atoms with van der Waals surface area (Å²) in [6, 6.07) is 3.23. The first-order chi connectivity index (χ1) is 9.97. The van der Waals surface area contributed by atoms with Gasteiger partial charge in [0.05, 0.1) is 11.6 Å². The number of carboxylic acid groups (broad SMARTS) is 1. The van der Waals surface area contributed by atoms with Crippen LogP contribution in [0.25, 0.3) is 0 Å². The van der Waals surface area contributed by atoms with Crippen molar-refractivity contribution in [2.24, 2.45) is 0 Å². The Bertz CT molecular complexity index is 515. The van der Waals surface area contributed by atoms with E-state index >= 15 is 0 Å². The van der Waals surface area contributed by atoms with Crippen molar-refractivity contribution >= 4 is 35.0 Å². The topological polar surface area (TPSA) is 63.6 Å². The second-order valence-corrected chi connectivity index (χ2v) is 5.37. The van der Waals surface area contributed by atoms with Gasteiger partial charge in [-0.25, -0.2) is 0 Å². The van der Waals surface area contributed by atoms with Crippen LogP contribution in [-0.2, 0) is 4.79 Å². The highest BCUT2D eigenvalue weighted by atomic mass is 35.5. The summed E-state index contributed by atoms with van der Waals surface area (Å²) in [4.78, 5) is 22.2. The molecular formula is C15H18Cl2O4. The van der Waals surface area contributed by atoms with Crippen molar-refractivity contribution in [1.82, 2.24) is 0 Å². The molecule has 0 fully saturated rings. The lowest BCUT2D eigenvalue weighted by Gasteiger charge is -2.11. The smallest absolute Gasteiger partial charge is 0.303 e. The number of benzene rings is 1. The van der Waals surface area contributed by atoms with E-state index in [4.69, 9.17) is 33.0 Å². The second-order valence-electron chi connectivity index (χ2n) is 4.61. The number of Topliss-reactive ketones (excluding diaryl/α,β-unsaturated/α-hetero) is 1. The van der Waals surface area contributed by atoms with Gasteiger partial charge < -0.3 is 9.84 Å². The molecule has 6 heteroatoms. The quantitative estimate of drug-likeness (QED) is 0.529. The molecule has 0 heterocycles. The summed E-state index contributed by atoms with van der Waals surface area (Å²) >= 11 is 12.2. The molecule has 0 saturated heterocycles. The first kappa shape index (κ1) is 17.8. The van der Waals surface area contributed by atoms with E-state index in [-0.39, 0.29) is 22.2 Å². The molecule has 0 aromatic heterocycles. The monoisotopic (exact) mass is 332 g/mol. The summed E-state index contributed by atoms with van der Waals surface area (Å²) in [7, 11) is 0. The fourth-order valence-electron chi connectivity index (χ4n) is 1.78. The molecule has 0 aliphatic carbocycles. The average molecular weight is 333 g/mol. The lowest BCUT2D eigenvalue weighted by atomic mass is 10.1. The summed E-state index contributed by atoms with van der Waals surface area (Å²) in [6.07, 6.45) is 2.42. The Kier molecular flexibility index (Phi) is 7.54. The molecule has 0 unspecified atom stereocenters. The van der Waals surface area contributed by atoms with E-state index in [0.717, 1.165) is 6.42 Å². The number of halogens is 2. The summed E-state index contributed by atoms with van der Waals surface area (Å²) in [5, 5.41) is 8.95. The predicted octanol–water partition coefficient (Wildman–Crippen LogP) is 4.61. The highest BCUT2D eigenvalue weighted by Crippen LogP contribution is 2.35. The molecule has 0 atom stereocenters. The molecule has 0 saturated carbocycles. The molecule has 1 N–H and O–H groups in total. The van der Waals surface area contributed by atoms with Gasteiger partial charge in [-0.3, -0.25) is 9.59 Å². The van der Waals surface area contributed by atoms with Gasteiger partial charge in [0.25, 0.3) is 0 Å². The zero-order chi connectivity index (χ0) is 15.8. The Labute approximate surface area is 134 Å². The molecule has 0 spiro atoms. The van der Waals surface area contributed by atoms with Gasteiger partial charge in [-0.1, -0.05) is 30.1 Å². The predicted molar refractivity (Wildman–Crippen MR) is 82.7 cm³/mol. The van der Waals surface area contributed by atoms with Gasteiger partial charge in [0, 0.05) is 18.4 Å². The van der Waals surface area contributed by atoms with E-state index in [2.05, 4.69) is 0 Å². The van der Waals surface area contributed by atoms with Crippen LogP contribution < -0.4 is 4.74 Å². The molecule has 4 nitrogen and oxygen atoms in total. The van der Waals surface area contributed by atoms with Crippen molar-refractivity contribution in [1.29, 1.82) is 0 Å². The number of carbonyl (C=O) groups is 2. The van der Waals surface area contributed by atoms with Gasteiger partial charge in [0.1, 0.15) is 10.8 Å². The normalized spacial score (nSPS) is 10.4. The number of ether oxygens (including phenoxy) is 1. The largest absolute Gasteiger partial charge is 0.492 e. The first-order valence-electron chi connectivity index (χ1n) is 6.83. The van der Waals surface area contributed by atoms with Crippen LogP contribution in [0.4, 0.5) is 0 Å². The number of aliphatic carboxylic acids is 1. The maximum Gasteiger partial charge on any atom is 0.303 e. The lowest BCUT2D eigenvalue weighted by molar-refractivity contribution is -0.137. The zero-order valence-corrected chi connectivity index (χ0v) is 13.3. The van der Waals surface area contributed by atoms with Gasteiger partial charge >= 0.3 is 5.97 Å². The van der Waals surface area contributed by atoms with Gasteiger partial charge in [0.15, 0.2) is 5.78 Å². The van der Waals surface area contributed by atoms with Crippen molar-refractivity contribution in [3.63, 3.8) is 0 Å². The summed E-state index contributed by atoms with van der Waals surface area (Å²) < 4.78 is 5.47. The maximum atomic E-state index is 11.9. The molecule has 0 bridgehead atoms. The van der Waals surface area contributed by atoms with E-state index in [1.165, 1.54) is 0 Å². The minimum atomic E-state index is -0.824. The number of carbonyl (C=O) groups excluding carboxylic acids is 1. The van der Waals surface area contributed by atoms with Crippen LogP contribution in [0.15, 0.2) is 12.1 Å². The van der Waals surface area contributed by atoms with E-state index in [1.54, 1.807) is 12.1 Å². The molecule has 0 amide bonds. The van der Waals surface area contributed by atoms with Crippen LogP contribution in [0.1, 0.15) is 49.4 Å². The number of rotatable bonds is 9. The second kappa shape index (κ2) is 8.90. The first-order valence-corrected chi connectivity index (χ1v) is 7.58. The average Bonchev–Trinajstić information content (AvgIpc) is 2.43. The number of carboxylic acids is 1. The van der Waals surface area contributed by atoms with Gasteiger partial charge in [-0.15, -0.1) is 0 Å². The molecule has 0 aliphatic heterocycles. The Balaban J connectivity index is 2.63. The van der Waals surface area contributed by atoms with E-state index in [1.807, 2.05) is 6.92 Å². The molecule has 116 valence electrons. The molecule has 1 aromatic carbocycles. The minimum absolute atomic E-state index is 0.0441. The van der Waals surface area contributed by atoms with Crippen molar-refractivity contribution in [3.05, 3.63) is 27.7 Å². The van der Waals surface area contributed by atoms with Crippen LogP contribution in [0.2, 0.25) is 10.0 Å². The number of ketones is 1. The van der Waals surface area contributed by atoms with Crippen LogP contribution in [0, 0.1) is 0 Å². The summed E-state index contributed by atoms with van der Waals surface area (Å²) in [6.45, 7) is 2.27. The molecular weight excluding hydrogens is 315 g/mol. The van der Waals surface area contributed by atoms with Gasteiger partial charge in [0.2, 0.25) is 0 Å². The van der Waals surface area contributed by atoms with E-state index in [0.29, 0.717) is 37.2 Å². The van der Waals surface area contributed by atoms with Gasteiger partial charge in [-0.2, -0.15) is 0 Å². The fourth-order valence-corrected chi connectivity index (χ4v) is 2.26. The van der Waals surface area contributed by atoms with Crippen molar-refractivity contribution in [2.75, 3.05) is 6.61 Å². The highest BCUT2D eigenvalue weighted by molar-refractivity contribution is 6.44. The maximum absolute atomic E-state index is 11.9. The lowest BCUT2D eigenvalue weighted by Crippen LogP contribution is -2.03. The third kappa shape index (κ3) is 5.56. The molecule has 1 rings (SSSR count). The summed E-state index contributed by atoms with van der Waals surface area (Å²) in [5.74, 6) is -0.461. The van der Waals surface area contributed by atoms with E-state index < -0.39 is 5.97 Å². The molecule has 1 aromatic rings. The molecule has 0 aliphatic rings. The molecule has 21 heavy (non-hydrogen) atoms. The Morgan fingerprint density at radius 2 is 1.86 bits per heavy atom. The summed E-state index contributed by atoms with van der Waals surface area (Å²) in [5.41, 5.74) is 0.404. The van der Waals surface area contributed by atoms with E-state index in [9.17, 15) is 9.59 Å². The number of hydrogen-bond acceptors (Lipinski definition) is 3. The Morgan fingerprint density at radius 3 is 2.48 bits per heavy atom. The third-order valence-electron chi connectivity index (χ3n) is 2.87. The Morgan fingerprint density at radius 1 is 1.14 bits per heavy atom. The van der Waals surface area contributed by atoms with Crippen LogP contribution in [0.5, 0.6) is 5.75 Å². The Hall–Kier alpha value is -1.26. The van der Waals surface area contributed by atoms with Gasteiger partial charge in [-0.05, 0) is 31.4 Å². The number of unbranched alkanes of at least 4 members (excludes halogenated alkanes) is 1. The van der Waals surface area contributed by atoms with Crippen LogP contribution in [-0.4, -0.2) is 23.5 Å². The minimum Gasteiger partial charge on any atom is -0.492 e. The fraction of sp³-hybridized carbons (Fsp3) is 0.467. The van der Waals surface area contributed by atoms with Crippen molar-refractivity contribution in [2.45, 2.75) is 39.0 Å². The zero-order valence-electron chi connectivity index (χ0n) is 11.8. The van der Waals surface area contributed by atoms with Crippen molar-refractivity contribution < 1.29 is 19.4 Å². The van der Waals surface area contributed by atoms with Crippen LogP contribution in [0.3, 0.4) is 0 Å². The highest BCUT2D eigenvalue weighted by Gasteiger charge is 2.15. The van der Waals surface area contributed by atoms with Crippen LogP contribution >= 0.6 is 23.2 Å². The number of hydrogen-bond donors (Lipinski definition) is 1. The third-order valence-corrected chi connectivity index (χ3v) is 3.73. The van der Waals surface area contributed by atoms with Crippen molar-refractivity contribution in [3.8, 4) is 5.75 Å². The SMILES string of the molecule is CCCC(=O)c1ccc(OCCCCC(=O)O)c(Cl)c1Cl. The standard InChI is InChI=1S/C15H18Cl2O4/c1-2-5-11(18)10-7-8-12(15(17)14(10)16)21-9-4-3-6-13(19)20/h7-8H,2-6,9H2,1H3,(H,19,20). The molecule has 0 radical (unpaired) electrons.